The second kappa shape index (κ2) is 6.50. The summed E-state index contributed by atoms with van der Waals surface area (Å²) in [6, 6.07) is 12.7. The van der Waals surface area contributed by atoms with Crippen LogP contribution in [0, 0.1) is 0 Å². The molecule has 2 aromatic rings. The number of halogens is 2. The van der Waals surface area contributed by atoms with Gasteiger partial charge in [-0.1, -0.05) is 39.7 Å². The maximum absolute atomic E-state index is 12.6. The molecule has 0 aliphatic carbocycles. The zero-order valence-corrected chi connectivity index (χ0v) is 14.1. The third kappa shape index (κ3) is 3.57. The van der Waals surface area contributed by atoms with Crippen molar-refractivity contribution >= 4 is 39.1 Å². The van der Waals surface area contributed by atoms with Gasteiger partial charge in [0.1, 0.15) is 0 Å². The van der Waals surface area contributed by atoms with E-state index in [9.17, 15) is 4.79 Å². The maximum atomic E-state index is 12.6. The van der Waals surface area contributed by atoms with Crippen molar-refractivity contribution in [3.8, 4) is 0 Å². The van der Waals surface area contributed by atoms with Crippen molar-refractivity contribution in [2.75, 3.05) is 12.8 Å². The Kier molecular flexibility index (Phi) is 4.91. The van der Waals surface area contributed by atoms with Gasteiger partial charge >= 0.3 is 0 Å². The molecule has 2 rings (SSSR count). The lowest BCUT2D eigenvalue weighted by molar-refractivity contribution is 0.0743. The van der Waals surface area contributed by atoms with Crippen LogP contribution in [0.25, 0.3) is 0 Å². The van der Waals surface area contributed by atoms with E-state index in [2.05, 4.69) is 15.9 Å². The smallest absolute Gasteiger partial charge is 0.255 e. The van der Waals surface area contributed by atoms with Gasteiger partial charge in [0.05, 0.1) is 16.6 Å². The second-order valence-corrected chi connectivity index (χ2v) is 6.21. The highest BCUT2D eigenvalue weighted by atomic mass is 79.9. The third-order valence-electron chi connectivity index (χ3n) is 3.46. The van der Waals surface area contributed by atoms with E-state index in [4.69, 9.17) is 17.3 Å². The average molecular weight is 368 g/mol. The van der Waals surface area contributed by atoms with E-state index in [1.165, 1.54) is 0 Å². The van der Waals surface area contributed by atoms with Gasteiger partial charge in [0.2, 0.25) is 0 Å². The van der Waals surface area contributed by atoms with Crippen molar-refractivity contribution in [1.29, 1.82) is 0 Å². The van der Waals surface area contributed by atoms with E-state index < -0.39 is 0 Å². The summed E-state index contributed by atoms with van der Waals surface area (Å²) in [6.45, 7) is 1.96. The molecule has 0 saturated carbocycles. The highest BCUT2D eigenvalue weighted by molar-refractivity contribution is 9.10. The van der Waals surface area contributed by atoms with Gasteiger partial charge in [-0.15, -0.1) is 0 Å². The summed E-state index contributed by atoms with van der Waals surface area (Å²) in [4.78, 5) is 14.2. The lowest BCUT2D eigenvalue weighted by Gasteiger charge is -2.26. The lowest BCUT2D eigenvalue weighted by Crippen LogP contribution is -2.29. The van der Waals surface area contributed by atoms with Gasteiger partial charge in [-0.2, -0.15) is 0 Å². The van der Waals surface area contributed by atoms with Crippen LogP contribution in [-0.2, 0) is 0 Å². The van der Waals surface area contributed by atoms with E-state index in [0.29, 0.717) is 16.3 Å². The predicted octanol–water partition coefficient (Wildman–Crippen LogP) is 4.52. The summed E-state index contributed by atoms with van der Waals surface area (Å²) in [5.41, 5.74) is 7.95. The summed E-state index contributed by atoms with van der Waals surface area (Å²) in [5, 5.41) is 0.431. The zero-order valence-electron chi connectivity index (χ0n) is 11.8. The third-order valence-corrected chi connectivity index (χ3v) is 4.26. The molecule has 0 aromatic heterocycles. The van der Waals surface area contributed by atoms with E-state index in [0.717, 1.165) is 10.0 Å². The van der Waals surface area contributed by atoms with Gasteiger partial charge in [-0.25, -0.2) is 0 Å². The van der Waals surface area contributed by atoms with E-state index in [-0.39, 0.29) is 11.9 Å². The Hall–Kier alpha value is -1.52. The number of rotatable bonds is 3. The summed E-state index contributed by atoms with van der Waals surface area (Å²) in [7, 11) is 1.76. The molecule has 0 radical (unpaired) electrons. The van der Waals surface area contributed by atoms with Gasteiger partial charge in [0, 0.05) is 17.2 Å². The van der Waals surface area contributed by atoms with Crippen LogP contribution < -0.4 is 5.73 Å². The minimum atomic E-state index is -0.123. The number of amides is 1. The topological polar surface area (TPSA) is 46.3 Å². The van der Waals surface area contributed by atoms with Crippen molar-refractivity contribution in [2.45, 2.75) is 13.0 Å². The number of nitrogens with two attached hydrogens (primary N) is 1. The summed E-state index contributed by atoms with van der Waals surface area (Å²) < 4.78 is 0.843. The Morgan fingerprint density at radius 3 is 2.62 bits per heavy atom. The number of carbonyl (C=O) groups is 1. The quantitative estimate of drug-likeness (QED) is 0.811. The molecule has 0 fully saturated rings. The van der Waals surface area contributed by atoms with Gasteiger partial charge < -0.3 is 10.6 Å². The Balaban J connectivity index is 2.26. The van der Waals surface area contributed by atoms with Gasteiger partial charge in [0.25, 0.3) is 5.91 Å². The fraction of sp³-hybridized carbons (Fsp3) is 0.188. The Morgan fingerprint density at radius 1 is 1.29 bits per heavy atom. The van der Waals surface area contributed by atoms with Crippen LogP contribution in [0.5, 0.6) is 0 Å². The molecular formula is C16H16BrClN2O. The Morgan fingerprint density at radius 2 is 2.00 bits per heavy atom. The Bertz CT molecular complexity index is 675. The highest BCUT2D eigenvalue weighted by Crippen LogP contribution is 2.26. The SMILES string of the molecule is CC(c1cccc(N)c1)N(C)C(=O)c1ccc(Br)cc1Cl. The monoisotopic (exact) mass is 366 g/mol. The molecule has 2 aromatic carbocycles. The first-order valence-corrected chi connectivity index (χ1v) is 7.65. The molecule has 2 N–H and O–H groups in total. The first-order valence-electron chi connectivity index (χ1n) is 6.48. The van der Waals surface area contributed by atoms with Crippen LogP contribution in [0.2, 0.25) is 5.02 Å². The molecule has 0 heterocycles. The molecule has 0 saturated heterocycles. The summed E-state index contributed by atoms with van der Waals surface area (Å²) >= 11 is 9.48. The number of carbonyl (C=O) groups excluding carboxylic acids is 1. The van der Waals surface area contributed by atoms with Crippen LogP contribution in [0.3, 0.4) is 0 Å². The average Bonchev–Trinajstić information content (AvgIpc) is 2.45. The van der Waals surface area contributed by atoms with E-state index in [1.54, 1.807) is 30.1 Å². The van der Waals surface area contributed by atoms with Crippen molar-refractivity contribution in [2.24, 2.45) is 0 Å². The van der Waals surface area contributed by atoms with Crippen molar-refractivity contribution in [3.05, 3.63) is 63.1 Å². The highest BCUT2D eigenvalue weighted by Gasteiger charge is 2.21. The molecule has 0 bridgehead atoms. The first-order chi connectivity index (χ1) is 9.90. The lowest BCUT2D eigenvalue weighted by atomic mass is 10.1. The van der Waals surface area contributed by atoms with Crippen LogP contribution >= 0.6 is 27.5 Å². The van der Waals surface area contributed by atoms with Crippen molar-refractivity contribution < 1.29 is 4.79 Å². The fourth-order valence-electron chi connectivity index (χ4n) is 2.07. The van der Waals surface area contributed by atoms with Crippen molar-refractivity contribution in [1.82, 2.24) is 4.90 Å². The fourth-order valence-corrected chi connectivity index (χ4v) is 2.83. The molecule has 110 valence electrons. The number of nitrogen functional groups attached to an aromatic ring is 1. The van der Waals surface area contributed by atoms with Crippen molar-refractivity contribution in [3.63, 3.8) is 0 Å². The normalized spacial score (nSPS) is 12.0. The van der Waals surface area contributed by atoms with Gasteiger partial charge in [0.15, 0.2) is 0 Å². The molecule has 0 aliphatic rings. The summed E-state index contributed by atoms with van der Waals surface area (Å²) in [6.07, 6.45) is 0. The van der Waals surface area contributed by atoms with Crippen LogP contribution in [0.1, 0.15) is 28.9 Å². The molecule has 1 amide bonds. The molecule has 0 aliphatic heterocycles. The number of hydrogen-bond donors (Lipinski definition) is 1. The molecule has 21 heavy (non-hydrogen) atoms. The van der Waals surface area contributed by atoms with E-state index in [1.807, 2.05) is 31.2 Å². The standard InChI is InChI=1S/C16H16BrClN2O/c1-10(11-4-3-5-13(19)8-11)20(2)16(21)14-7-6-12(17)9-15(14)18/h3-10H,19H2,1-2H3. The zero-order chi connectivity index (χ0) is 15.6. The molecule has 1 atom stereocenters. The molecule has 0 spiro atoms. The number of anilines is 1. The number of benzene rings is 2. The van der Waals surface area contributed by atoms with Crippen LogP contribution in [-0.4, -0.2) is 17.9 Å². The molecule has 3 nitrogen and oxygen atoms in total. The minimum Gasteiger partial charge on any atom is -0.399 e. The minimum absolute atomic E-state index is 0.0966. The summed E-state index contributed by atoms with van der Waals surface area (Å²) in [5.74, 6) is -0.123. The second-order valence-electron chi connectivity index (χ2n) is 4.89. The van der Waals surface area contributed by atoms with Gasteiger partial charge in [-0.3, -0.25) is 4.79 Å². The molecular weight excluding hydrogens is 352 g/mol. The Labute approximate surface area is 137 Å². The number of hydrogen-bond acceptors (Lipinski definition) is 2. The predicted molar refractivity (Wildman–Crippen MR) is 90.5 cm³/mol. The number of nitrogens with zero attached hydrogens (tertiary/aromatic N) is 1. The van der Waals surface area contributed by atoms with Crippen LogP contribution in [0.4, 0.5) is 5.69 Å². The van der Waals surface area contributed by atoms with E-state index >= 15 is 0 Å². The van der Waals surface area contributed by atoms with Crippen LogP contribution in [0.15, 0.2) is 46.9 Å². The molecule has 1 unspecified atom stereocenters. The van der Waals surface area contributed by atoms with Gasteiger partial charge in [-0.05, 0) is 42.8 Å². The maximum Gasteiger partial charge on any atom is 0.255 e. The largest absolute Gasteiger partial charge is 0.399 e. The molecule has 5 heteroatoms. The first kappa shape index (κ1) is 15.9.